The number of carbonyl (C=O) groups is 6. The molecule has 4 atom stereocenters. The van der Waals surface area contributed by atoms with Crippen molar-refractivity contribution in [2.75, 3.05) is 13.1 Å². The summed E-state index contributed by atoms with van der Waals surface area (Å²) in [6.45, 7) is 0.428. The van der Waals surface area contributed by atoms with E-state index < -0.39 is 53.7 Å². The van der Waals surface area contributed by atoms with E-state index in [1.807, 2.05) is 66.7 Å². The Bertz CT molecular complexity index is 2080. The molecule has 6 amide bonds. The van der Waals surface area contributed by atoms with E-state index >= 15 is 0 Å². The fourth-order valence-corrected chi connectivity index (χ4v) is 6.70. The summed E-state index contributed by atoms with van der Waals surface area (Å²) >= 11 is 0. The Morgan fingerprint density at radius 1 is 0.714 bits per heavy atom. The van der Waals surface area contributed by atoms with Crippen molar-refractivity contribution in [1.82, 2.24) is 31.6 Å². The predicted octanol–water partition coefficient (Wildman–Crippen LogP) is 0.665. The van der Waals surface area contributed by atoms with Crippen molar-refractivity contribution >= 4 is 63.1 Å². The molecule has 4 aromatic rings. The van der Waals surface area contributed by atoms with Crippen molar-refractivity contribution in [1.29, 1.82) is 0 Å². The van der Waals surface area contributed by atoms with E-state index in [4.69, 9.17) is 17.2 Å². The molecule has 3 aromatic carbocycles. The lowest BCUT2D eigenvalue weighted by molar-refractivity contribution is -0.134. The van der Waals surface area contributed by atoms with E-state index in [0.29, 0.717) is 12.8 Å². The van der Waals surface area contributed by atoms with Gasteiger partial charge < -0.3 is 48.8 Å². The lowest BCUT2D eigenvalue weighted by Gasteiger charge is -2.26. The smallest absolute Gasteiger partial charge is 0.243 e. The van der Waals surface area contributed by atoms with Crippen LogP contribution in [0.2, 0.25) is 0 Å². The minimum atomic E-state index is -1.20. The van der Waals surface area contributed by atoms with Crippen LogP contribution in [0.3, 0.4) is 0 Å². The minimum absolute atomic E-state index is 0.0361. The van der Waals surface area contributed by atoms with Gasteiger partial charge in [-0.25, -0.2) is 0 Å². The molecule has 0 saturated carbocycles. The zero-order valence-corrected chi connectivity index (χ0v) is 31.1. The maximum absolute atomic E-state index is 14.2. The van der Waals surface area contributed by atoms with Crippen LogP contribution in [0.5, 0.6) is 0 Å². The third kappa shape index (κ3) is 11.8. The minimum Gasteiger partial charge on any atom is -0.370 e. The van der Waals surface area contributed by atoms with Crippen LogP contribution >= 0.6 is 0 Å². The Labute approximate surface area is 324 Å². The Hall–Kier alpha value is -6.45. The number of aliphatic imine (C=N–C) groups is 1. The van der Waals surface area contributed by atoms with Gasteiger partial charge in [0.05, 0.1) is 0 Å². The molecule has 12 N–H and O–H groups in total. The highest BCUT2D eigenvalue weighted by Crippen LogP contribution is 2.20. The molecule has 0 radical (unpaired) electrons. The highest BCUT2D eigenvalue weighted by atomic mass is 16.2. The molecule has 2 unspecified atom stereocenters. The average molecular weight is 767 g/mol. The van der Waals surface area contributed by atoms with Gasteiger partial charge in [0.25, 0.3) is 0 Å². The number of aromatic amines is 1. The predicted molar refractivity (Wildman–Crippen MR) is 213 cm³/mol. The fraction of sp³-hybridized carbons (Fsp3) is 0.375. The lowest BCUT2D eigenvalue weighted by Crippen LogP contribution is -2.58. The van der Waals surface area contributed by atoms with Crippen LogP contribution in [0, 0.1) is 0 Å². The second-order valence-corrected chi connectivity index (χ2v) is 13.9. The van der Waals surface area contributed by atoms with Crippen LogP contribution in [0.25, 0.3) is 21.7 Å². The normalized spacial score (nSPS) is 20.9. The van der Waals surface area contributed by atoms with Crippen LogP contribution < -0.4 is 43.8 Å². The van der Waals surface area contributed by atoms with Gasteiger partial charge >= 0.3 is 0 Å². The summed E-state index contributed by atoms with van der Waals surface area (Å²) in [4.78, 5) is 87.8. The zero-order valence-electron chi connectivity index (χ0n) is 31.1. The molecule has 1 aromatic heterocycles. The summed E-state index contributed by atoms with van der Waals surface area (Å²) in [5.74, 6) is -3.76. The molecule has 16 heteroatoms. The number of para-hydroxylation sites is 1. The summed E-state index contributed by atoms with van der Waals surface area (Å²) in [5.41, 5.74) is 19.0. The largest absolute Gasteiger partial charge is 0.370 e. The zero-order chi connectivity index (χ0) is 40.0. The first-order valence-electron chi connectivity index (χ1n) is 18.8. The highest BCUT2D eigenvalue weighted by Gasteiger charge is 2.32. The number of hydrogen-bond donors (Lipinski definition) is 9. The third-order valence-corrected chi connectivity index (χ3v) is 9.70. The number of nitrogens with one attached hydrogen (secondary N) is 6. The van der Waals surface area contributed by atoms with E-state index in [9.17, 15) is 28.8 Å². The molecule has 5 rings (SSSR count). The molecule has 1 saturated heterocycles. The molecular formula is C40H50N10O6. The molecule has 1 aliphatic rings. The lowest BCUT2D eigenvalue weighted by atomic mass is 10.00. The maximum Gasteiger partial charge on any atom is 0.243 e. The third-order valence-electron chi connectivity index (χ3n) is 9.70. The molecule has 0 aliphatic carbocycles. The highest BCUT2D eigenvalue weighted by molar-refractivity contribution is 5.96. The summed E-state index contributed by atoms with van der Waals surface area (Å²) in [7, 11) is 0. The number of aromatic nitrogens is 1. The number of carbonyl (C=O) groups excluding carboxylic acids is 6. The van der Waals surface area contributed by atoms with Gasteiger partial charge in [-0.2, -0.15) is 0 Å². The van der Waals surface area contributed by atoms with Gasteiger partial charge in [-0.3, -0.25) is 33.8 Å². The first kappa shape index (κ1) is 40.7. The van der Waals surface area contributed by atoms with Crippen LogP contribution in [0.4, 0.5) is 0 Å². The van der Waals surface area contributed by atoms with Crippen molar-refractivity contribution in [3.63, 3.8) is 0 Å². The van der Waals surface area contributed by atoms with Crippen molar-refractivity contribution < 1.29 is 28.8 Å². The van der Waals surface area contributed by atoms with E-state index in [-0.39, 0.29) is 69.9 Å². The van der Waals surface area contributed by atoms with Gasteiger partial charge in [0.1, 0.15) is 24.2 Å². The number of hydrogen-bond acceptors (Lipinski definition) is 7. The summed E-state index contributed by atoms with van der Waals surface area (Å²) in [6, 6.07) is 16.3. The summed E-state index contributed by atoms with van der Waals surface area (Å²) in [5, 5.41) is 16.6. The van der Waals surface area contributed by atoms with Gasteiger partial charge in [0, 0.05) is 55.9 Å². The first-order valence-corrected chi connectivity index (χ1v) is 18.8. The number of primary amides is 1. The molecule has 2 heterocycles. The molecule has 16 nitrogen and oxygen atoms in total. The van der Waals surface area contributed by atoms with Crippen molar-refractivity contribution in [2.45, 2.75) is 82.0 Å². The van der Waals surface area contributed by atoms with Crippen molar-refractivity contribution in [3.8, 4) is 0 Å². The molecular weight excluding hydrogens is 717 g/mol. The topological polar surface area (TPSA) is 269 Å². The number of amides is 6. The van der Waals surface area contributed by atoms with Crippen LogP contribution in [0.1, 0.15) is 56.1 Å². The van der Waals surface area contributed by atoms with Crippen molar-refractivity contribution in [3.05, 3.63) is 84.1 Å². The number of rotatable bonds is 9. The Morgan fingerprint density at radius 3 is 2.18 bits per heavy atom. The molecule has 1 aliphatic heterocycles. The summed E-state index contributed by atoms with van der Waals surface area (Å²) in [6.07, 6.45) is 3.00. The Morgan fingerprint density at radius 2 is 1.39 bits per heavy atom. The van der Waals surface area contributed by atoms with Gasteiger partial charge in [-0.15, -0.1) is 0 Å². The number of benzene rings is 3. The van der Waals surface area contributed by atoms with Gasteiger partial charge in [-0.05, 0) is 60.1 Å². The van der Waals surface area contributed by atoms with Crippen LogP contribution in [0.15, 0.2) is 77.9 Å². The van der Waals surface area contributed by atoms with E-state index in [0.717, 1.165) is 32.8 Å². The van der Waals surface area contributed by atoms with E-state index in [1.165, 1.54) is 0 Å². The van der Waals surface area contributed by atoms with E-state index in [2.05, 4.69) is 36.6 Å². The maximum atomic E-state index is 14.2. The Balaban J connectivity index is 1.47. The summed E-state index contributed by atoms with van der Waals surface area (Å²) < 4.78 is 0. The van der Waals surface area contributed by atoms with Crippen LogP contribution in [-0.2, 0) is 41.6 Å². The molecule has 56 heavy (non-hydrogen) atoms. The first-order chi connectivity index (χ1) is 27.0. The van der Waals surface area contributed by atoms with Crippen molar-refractivity contribution in [2.24, 2.45) is 22.2 Å². The monoisotopic (exact) mass is 766 g/mol. The average Bonchev–Trinajstić information content (AvgIpc) is 3.58. The van der Waals surface area contributed by atoms with Crippen LogP contribution in [-0.4, -0.2) is 83.6 Å². The van der Waals surface area contributed by atoms with Gasteiger partial charge in [0.2, 0.25) is 35.4 Å². The number of H-pyrrole nitrogens is 1. The second-order valence-electron chi connectivity index (χ2n) is 13.9. The number of fused-ring (bicyclic) bond motifs is 2. The van der Waals surface area contributed by atoms with Gasteiger partial charge in [0.15, 0.2) is 5.96 Å². The molecule has 0 bridgehead atoms. The Kier molecular flexibility index (Phi) is 14.4. The second kappa shape index (κ2) is 19.8. The molecule has 1 fully saturated rings. The fourth-order valence-electron chi connectivity index (χ4n) is 6.70. The quantitative estimate of drug-likeness (QED) is 0.0662. The number of nitrogens with zero attached hydrogens (tertiary/aromatic N) is 1. The van der Waals surface area contributed by atoms with Gasteiger partial charge in [-0.1, -0.05) is 60.7 Å². The number of guanidine groups is 1. The molecule has 0 spiro atoms. The molecule has 296 valence electrons. The standard InChI is InChI=1S/C40H50N10O6/c41-36(53)30-12-5-6-18-44-34(51)16-17-35(52)47-32(21-24-14-15-25-8-1-2-9-26(25)20-24)38(55)49-31(13-7-19-45-40(42)43)37(54)50-33(39(56)48-30)22-27-23-46-29-11-4-3-10-28(27)29/h1-4,8-11,14-15,20,23,30-33,46H,5-7,12-13,16-19,21-22H2,(H2,41,53)(H,44,51)(H,47,52)(H,48,56)(H,49,55)(H,50,54)(H4,42,43,45)/t30-,31?,32-,33?/m0/s1. The van der Waals surface area contributed by atoms with E-state index in [1.54, 1.807) is 6.20 Å². The SMILES string of the molecule is NC(=O)[C@@H]1CCCCNC(=O)CCC(=O)N[C@@H](Cc2ccc3ccccc3c2)C(=O)NC(CCCN=C(N)N)C(=O)NC(Cc2c[nH]c3ccccc23)C(=O)N1. The number of nitrogens with two attached hydrogens (primary N) is 3.